The number of ether oxygens (including phenoxy) is 1. The van der Waals surface area contributed by atoms with Crippen LogP contribution in [0.1, 0.15) is 35.8 Å². The number of likely N-dealkylation sites (N-methyl/N-ethyl adjacent to an activating group) is 1. The zero-order chi connectivity index (χ0) is 27.6. The van der Waals surface area contributed by atoms with Gasteiger partial charge >= 0.3 is 12.0 Å². The van der Waals surface area contributed by atoms with Crippen LogP contribution in [0.2, 0.25) is 15.1 Å². The normalized spacial score (nSPS) is 20.4. The third-order valence-corrected chi connectivity index (χ3v) is 7.98. The number of esters is 1. The number of amides is 3. The van der Waals surface area contributed by atoms with Gasteiger partial charge in [0.2, 0.25) is 0 Å². The van der Waals surface area contributed by atoms with Gasteiger partial charge in [-0.15, -0.1) is 0 Å². The number of benzene rings is 2. The smallest absolute Gasteiger partial charge is 0.338 e. The Kier molecular flexibility index (Phi) is 8.88. The van der Waals surface area contributed by atoms with E-state index in [0.717, 1.165) is 0 Å². The van der Waals surface area contributed by atoms with Gasteiger partial charge in [-0.05, 0) is 37.6 Å². The molecule has 2 atom stereocenters. The van der Waals surface area contributed by atoms with Gasteiger partial charge in [0.1, 0.15) is 0 Å². The Morgan fingerprint density at radius 3 is 2.45 bits per heavy atom. The molecule has 2 heterocycles. The number of hydrogen-bond acceptors (Lipinski definition) is 5. The fraction of sp³-hybridized carbons (Fsp3) is 0.370. The van der Waals surface area contributed by atoms with E-state index in [1.165, 1.54) is 4.90 Å². The van der Waals surface area contributed by atoms with Crippen molar-refractivity contribution in [3.05, 3.63) is 79.9 Å². The molecule has 2 unspecified atom stereocenters. The summed E-state index contributed by atoms with van der Waals surface area (Å²) in [6.45, 7) is 5.70. The summed E-state index contributed by atoms with van der Waals surface area (Å²) in [5.41, 5.74) is 1.77. The van der Waals surface area contributed by atoms with Gasteiger partial charge in [-0.2, -0.15) is 0 Å². The third-order valence-electron chi connectivity index (χ3n) is 6.81. The van der Waals surface area contributed by atoms with Crippen LogP contribution in [0.4, 0.5) is 4.79 Å². The molecule has 0 radical (unpaired) electrons. The van der Waals surface area contributed by atoms with E-state index in [4.69, 9.17) is 39.5 Å². The Bertz CT molecular complexity index is 1280. The summed E-state index contributed by atoms with van der Waals surface area (Å²) < 4.78 is 5.40. The molecule has 0 saturated carbocycles. The number of rotatable bonds is 6. The molecule has 1 fully saturated rings. The highest BCUT2D eigenvalue weighted by atomic mass is 35.5. The van der Waals surface area contributed by atoms with Crippen LogP contribution in [0.15, 0.2) is 53.7 Å². The minimum absolute atomic E-state index is 0.125. The van der Waals surface area contributed by atoms with Crippen LogP contribution in [0, 0.1) is 0 Å². The van der Waals surface area contributed by atoms with Crippen molar-refractivity contribution < 1.29 is 19.1 Å². The Balaban J connectivity index is 1.64. The molecule has 2 aromatic carbocycles. The summed E-state index contributed by atoms with van der Waals surface area (Å²) in [5.74, 6) is -0.671. The maximum atomic E-state index is 13.3. The first-order valence-corrected chi connectivity index (χ1v) is 13.4. The predicted molar refractivity (Wildman–Crippen MR) is 148 cm³/mol. The van der Waals surface area contributed by atoms with Crippen LogP contribution in [0.5, 0.6) is 0 Å². The number of nitrogens with zero attached hydrogens (tertiary/aromatic N) is 3. The van der Waals surface area contributed by atoms with Crippen LogP contribution in [0.25, 0.3) is 0 Å². The van der Waals surface area contributed by atoms with E-state index in [0.29, 0.717) is 58.6 Å². The van der Waals surface area contributed by atoms with Crippen molar-refractivity contribution in [1.82, 2.24) is 20.0 Å². The van der Waals surface area contributed by atoms with Crippen molar-refractivity contribution in [1.29, 1.82) is 0 Å². The Morgan fingerprint density at radius 1 is 1.05 bits per heavy atom. The molecule has 3 amide bonds. The van der Waals surface area contributed by atoms with Crippen LogP contribution >= 0.6 is 34.8 Å². The van der Waals surface area contributed by atoms with Crippen molar-refractivity contribution in [3.8, 4) is 0 Å². The number of halogens is 3. The van der Waals surface area contributed by atoms with E-state index in [-0.39, 0.29) is 29.6 Å². The molecule has 2 aromatic rings. The first kappa shape index (κ1) is 28.2. The molecule has 0 aliphatic carbocycles. The maximum Gasteiger partial charge on any atom is 0.338 e. The van der Waals surface area contributed by atoms with Gasteiger partial charge in [0, 0.05) is 45.0 Å². The number of carbonyl (C=O) groups is 3. The molecule has 1 N–H and O–H groups in total. The molecule has 2 aliphatic rings. The molecule has 0 spiro atoms. The van der Waals surface area contributed by atoms with Crippen molar-refractivity contribution >= 4 is 52.7 Å². The van der Waals surface area contributed by atoms with Crippen molar-refractivity contribution in [3.63, 3.8) is 0 Å². The fourth-order valence-corrected chi connectivity index (χ4v) is 5.49. The highest BCUT2D eigenvalue weighted by molar-refractivity contribution is 6.42. The van der Waals surface area contributed by atoms with Crippen molar-refractivity contribution in [2.24, 2.45) is 0 Å². The second-order valence-electron chi connectivity index (χ2n) is 9.23. The number of piperazine rings is 1. The molecule has 2 aliphatic heterocycles. The molecular formula is C27H29Cl3N4O4. The first-order chi connectivity index (χ1) is 18.1. The summed E-state index contributed by atoms with van der Waals surface area (Å²) in [6, 6.07) is 10.7. The van der Waals surface area contributed by atoms with E-state index in [9.17, 15) is 14.4 Å². The number of nitrogens with one attached hydrogen (secondary N) is 1. The predicted octanol–water partition coefficient (Wildman–Crippen LogP) is 5.01. The monoisotopic (exact) mass is 578 g/mol. The Morgan fingerprint density at radius 2 is 1.76 bits per heavy atom. The third kappa shape index (κ3) is 5.64. The number of hydrogen-bond donors (Lipinski definition) is 1. The molecule has 1 saturated heterocycles. The summed E-state index contributed by atoms with van der Waals surface area (Å²) in [6.07, 6.45) is 0. The summed E-state index contributed by atoms with van der Waals surface area (Å²) in [5, 5.41) is 3.85. The van der Waals surface area contributed by atoms with Crippen LogP contribution in [-0.4, -0.2) is 78.5 Å². The summed E-state index contributed by atoms with van der Waals surface area (Å²) in [7, 11) is 1.61. The van der Waals surface area contributed by atoms with Gasteiger partial charge in [0.15, 0.2) is 0 Å². The second kappa shape index (κ2) is 11.9. The SMILES string of the molecule is CCOC(=O)C1=C(CN2CCN(C(=O)c3ccccc3Cl)C(C)C2)N(C)C(=O)NC1c1cccc(Cl)c1Cl. The minimum atomic E-state index is -0.834. The van der Waals surface area contributed by atoms with Gasteiger partial charge in [-0.25, -0.2) is 9.59 Å². The highest BCUT2D eigenvalue weighted by Gasteiger charge is 2.39. The second-order valence-corrected chi connectivity index (χ2v) is 10.4. The number of urea groups is 1. The topological polar surface area (TPSA) is 82.2 Å². The Hall–Kier alpha value is -2.78. The average molecular weight is 580 g/mol. The van der Waals surface area contributed by atoms with Crippen molar-refractivity contribution in [2.45, 2.75) is 25.9 Å². The lowest BCUT2D eigenvalue weighted by Gasteiger charge is -2.42. The van der Waals surface area contributed by atoms with Gasteiger partial charge in [-0.1, -0.05) is 59.1 Å². The zero-order valence-corrected chi connectivity index (χ0v) is 23.6. The average Bonchev–Trinajstić information content (AvgIpc) is 2.88. The van der Waals surface area contributed by atoms with Crippen LogP contribution in [-0.2, 0) is 9.53 Å². The maximum absolute atomic E-state index is 13.3. The lowest BCUT2D eigenvalue weighted by molar-refractivity contribution is -0.139. The van der Waals surface area contributed by atoms with Gasteiger partial charge in [0.05, 0.1) is 38.9 Å². The van der Waals surface area contributed by atoms with E-state index < -0.39 is 12.0 Å². The standard InChI is InChI=1S/C27H29Cl3N4O4/c1-4-38-26(36)22-21(32(3)27(37)31-24(22)18-9-7-11-20(29)23(18)30)15-33-12-13-34(16(2)14-33)25(35)17-8-5-6-10-19(17)28/h5-11,16,24H,4,12-15H2,1-3H3,(H,31,37). The first-order valence-electron chi connectivity index (χ1n) is 12.3. The van der Waals surface area contributed by atoms with Gasteiger partial charge in [0.25, 0.3) is 5.91 Å². The molecule has 38 heavy (non-hydrogen) atoms. The van der Waals surface area contributed by atoms with Crippen molar-refractivity contribution in [2.75, 3.05) is 39.8 Å². The van der Waals surface area contributed by atoms with Gasteiger partial charge in [-0.3, -0.25) is 14.6 Å². The summed E-state index contributed by atoms with van der Waals surface area (Å²) >= 11 is 19.0. The van der Waals surface area contributed by atoms with Crippen LogP contribution < -0.4 is 5.32 Å². The van der Waals surface area contributed by atoms with E-state index in [1.807, 2.05) is 6.92 Å². The zero-order valence-electron chi connectivity index (χ0n) is 21.3. The van der Waals surface area contributed by atoms with E-state index in [2.05, 4.69) is 10.2 Å². The largest absolute Gasteiger partial charge is 0.463 e. The minimum Gasteiger partial charge on any atom is -0.463 e. The molecular weight excluding hydrogens is 551 g/mol. The molecule has 11 heteroatoms. The molecule has 8 nitrogen and oxygen atoms in total. The molecule has 4 rings (SSSR count). The molecule has 0 bridgehead atoms. The molecule has 202 valence electrons. The van der Waals surface area contributed by atoms with E-state index >= 15 is 0 Å². The lowest BCUT2D eigenvalue weighted by atomic mass is 9.94. The van der Waals surface area contributed by atoms with Crippen LogP contribution in [0.3, 0.4) is 0 Å². The Labute approximate surface area is 237 Å². The lowest BCUT2D eigenvalue weighted by Crippen LogP contribution is -2.56. The van der Waals surface area contributed by atoms with Gasteiger partial charge < -0.3 is 15.0 Å². The quantitative estimate of drug-likeness (QED) is 0.487. The number of carbonyl (C=O) groups excluding carboxylic acids is 3. The highest BCUT2D eigenvalue weighted by Crippen LogP contribution is 2.37. The molecule has 0 aromatic heterocycles. The van der Waals surface area contributed by atoms with E-state index in [1.54, 1.807) is 61.3 Å². The fourth-order valence-electron chi connectivity index (χ4n) is 4.85. The summed E-state index contributed by atoms with van der Waals surface area (Å²) in [4.78, 5) is 44.8.